The van der Waals surface area contributed by atoms with Crippen LogP contribution < -0.4 is 10.1 Å². The van der Waals surface area contributed by atoms with Gasteiger partial charge in [0.1, 0.15) is 5.75 Å². The Bertz CT molecular complexity index is 601. The highest BCUT2D eigenvalue weighted by molar-refractivity contribution is 9.10. The number of methoxy groups -OCH3 is 1. The predicted octanol–water partition coefficient (Wildman–Crippen LogP) is 4.77. The molecule has 0 aliphatic rings. The first-order valence-electron chi connectivity index (χ1n) is 6.87. The van der Waals surface area contributed by atoms with Crippen molar-refractivity contribution in [3.05, 3.63) is 62.5 Å². The summed E-state index contributed by atoms with van der Waals surface area (Å²) in [6, 6.07) is 14.6. The van der Waals surface area contributed by atoms with Crippen LogP contribution in [-0.4, -0.2) is 20.7 Å². The van der Waals surface area contributed by atoms with Crippen molar-refractivity contribution in [3.63, 3.8) is 0 Å². The smallest absolute Gasteiger partial charge is 0.122 e. The molecule has 1 atom stereocenters. The number of rotatable bonds is 6. The first-order chi connectivity index (χ1) is 10.2. The lowest BCUT2D eigenvalue weighted by atomic mass is 9.91. The zero-order chi connectivity index (χ0) is 15.2. The van der Waals surface area contributed by atoms with E-state index in [9.17, 15) is 0 Å². The Morgan fingerprint density at radius 2 is 1.90 bits per heavy atom. The number of likely N-dealkylation sites (N-methyl/N-ethyl adjacent to an activating group) is 1. The second-order valence-corrected chi connectivity index (χ2v) is 6.71. The standard InChI is InChI=1S/C17H19Br2NO/c1-20-11-13(15-5-3-4-6-16(15)19)9-12-10-14(18)7-8-17(12)21-2/h3-8,10,13,20H,9,11H2,1-2H3. The first-order valence-corrected chi connectivity index (χ1v) is 8.45. The van der Waals surface area contributed by atoms with Gasteiger partial charge in [0.2, 0.25) is 0 Å². The molecule has 1 N–H and O–H groups in total. The molecule has 0 saturated heterocycles. The molecule has 0 amide bonds. The Kier molecular flexibility index (Phi) is 6.27. The number of nitrogens with one attached hydrogen (secondary N) is 1. The van der Waals surface area contributed by atoms with Crippen LogP contribution in [0.5, 0.6) is 5.75 Å². The molecule has 112 valence electrons. The summed E-state index contributed by atoms with van der Waals surface area (Å²) >= 11 is 7.21. The van der Waals surface area contributed by atoms with Crippen LogP contribution in [0.4, 0.5) is 0 Å². The number of ether oxygens (including phenoxy) is 1. The zero-order valence-electron chi connectivity index (χ0n) is 12.2. The van der Waals surface area contributed by atoms with Gasteiger partial charge >= 0.3 is 0 Å². The van der Waals surface area contributed by atoms with Crippen molar-refractivity contribution in [2.75, 3.05) is 20.7 Å². The van der Waals surface area contributed by atoms with Crippen LogP contribution in [0.3, 0.4) is 0 Å². The summed E-state index contributed by atoms with van der Waals surface area (Å²) in [6.07, 6.45) is 0.923. The Morgan fingerprint density at radius 1 is 1.14 bits per heavy atom. The fraction of sp³-hybridized carbons (Fsp3) is 0.294. The van der Waals surface area contributed by atoms with Crippen LogP contribution in [0.1, 0.15) is 17.0 Å². The Hall–Kier alpha value is -0.840. The third-order valence-corrected chi connectivity index (χ3v) is 4.72. The minimum atomic E-state index is 0.383. The SMILES string of the molecule is CNCC(Cc1cc(Br)ccc1OC)c1ccccc1Br. The van der Waals surface area contributed by atoms with Gasteiger partial charge in [-0.3, -0.25) is 0 Å². The summed E-state index contributed by atoms with van der Waals surface area (Å²) in [5.41, 5.74) is 2.52. The van der Waals surface area contributed by atoms with Gasteiger partial charge < -0.3 is 10.1 Å². The zero-order valence-corrected chi connectivity index (χ0v) is 15.4. The van der Waals surface area contributed by atoms with Gasteiger partial charge in [0.15, 0.2) is 0 Å². The molecule has 2 nitrogen and oxygen atoms in total. The third kappa shape index (κ3) is 4.31. The topological polar surface area (TPSA) is 21.3 Å². The van der Waals surface area contributed by atoms with Crippen LogP contribution in [0.25, 0.3) is 0 Å². The van der Waals surface area contributed by atoms with Gasteiger partial charge in [-0.1, -0.05) is 50.1 Å². The van der Waals surface area contributed by atoms with Crippen LogP contribution in [0.2, 0.25) is 0 Å². The molecule has 0 heterocycles. The van der Waals surface area contributed by atoms with Crippen LogP contribution in [0.15, 0.2) is 51.4 Å². The molecule has 0 radical (unpaired) electrons. The summed E-state index contributed by atoms with van der Waals surface area (Å²) in [6.45, 7) is 0.915. The minimum Gasteiger partial charge on any atom is -0.496 e. The molecule has 4 heteroatoms. The van der Waals surface area contributed by atoms with Crippen LogP contribution in [0, 0.1) is 0 Å². The largest absolute Gasteiger partial charge is 0.496 e. The van der Waals surface area contributed by atoms with E-state index >= 15 is 0 Å². The predicted molar refractivity (Wildman–Crippen MR) is 95.2 cm³/mol. The molecule has 0 aliphatic heterocycles. The fourth-order valence-electron chi connectivity index (χ4n) is 2.52. The highest BCUT2D eigenvalue weighted by atomic mass is 79.9. The molecule has 0 bridgehead atoms. The number of hydrogen-bond acceptors (Lipinski definition) is 2. The Balaban J connectivity index is 2.33. The molecule has 1 unspecified atom stereocenters. The normalized spacial score (nSPS) is 12.2. The highest BCUT2D eigenvalue weighted by Gasteiger charge is 2.16. The fourth-order valence-corrected chi connectivity index (χ4v) is 3.53. The second-order valence-electron chi connectivity index (χ2n) is 4.94. The molecule has 0 aromatic heterocycles. The van der Waals surface area contributed by atoms with Gasteiger partial charge in [0.05, 0.1) is 7.11 Å². The van der Waals surface area contributed by atoms with Crippen LogP contribution >= 0.6 is 31.9 Å². The maximum absolute atomic E-state index is 5.49. The summed E-state index contributed by atoms with van der Waals surface area (Å²) in [5.74, 6) is 1.32. The average Bonchev–Trinajstić information content (AvgIpc) is 2.48. The summed E-state index contributed by atoms with van der Waals surface area (Å²) in [7, 11) is 3.71. The molecule has 21 heavy (non-hydrogen) atoms. The van der Waals surface area contributed by atoms with Crippen molar-refractivity contribution >= 4 is 31.9 Å². The van der Waals surface area contributed by atoms with Crippen molar-refractivity contribution in [3.8, 4) is 5.75 Å². The van der Waals surface area contributed by atoms with Crippen molar-refractivity contribution in [2.24, 2.45) is 0 Å². The quantitative estimate of drug-likeness (QED) is 0.737. The van der Waals surface area contributed by atoms with E-state index in [0.717, 1.165) is 27.7 Å². The van der Waals surface area contributed by atoms with Crippen LogP contribution in [-0.2, 0) is 6.42 Å². The van der Waals surface area contributed by atoms with Crippen molar-refractivity contribution in [2.45, 2.75) is 12.3 Å². The molecule has 0 spiro atoms. The van der Waals surface area contributed by atoms with Gasteiger partial charge in [-0.25, -0.2) is 0 Å². The van der Waals surface area contributed by atoms with Crippen molar-refractivity contribution < 1.29 is 4.74 Å². The van der Waals surface area contributed by atoms with E-state index in [1.165, 1.54) is 11.1 Å². The minimum absolute atomic E-state index is 0.383. The number of benzene rings is 2. The third-order valence-electron chi connectivity index (χ3n) is 3.50. The number of hydrogen-bond donors (Lipinski definition) is 1. The lowest BCUT2D eigenvalue weighted by molar-refractivity contribution is 0.407. The molecule has 2 aromatic rings. The van der Waals surface area contributed by atoms with E-state index in [1.54, 1.807) is 7.11 Å². The van der Waals surface area contributed by atoms with E-state index in [0.29, 0.717) is 5.92 Å². The molecule has 0 aliphatic carbocycles. The number of halogens is 2. The summed E-state index contributed by atoms with van der Waals surface area (Å²) in [4.78, 5) is 0. The van der Waals surface area contributed by atoms with E-state index < -0.39 is 0 Å². The Morgan fingerprint density at radius 3 is 2.57 bits per heavy atom. The molecular formula is C17H19Br2NO. The lowest BCUT2D eigenvalue weighted by Crippen LogP contribution is -2.19. The lowest BCUT2D eigenvalue weighted by Gasteiger charge is -2.20. The second kappa shape index (κ2) is 7.97. The Labute approximate surface area is 143 Å². The summed E-state index contributed by atoms with van der Waals surface area (Å²) < 4.78 is 7.72. The van der Waals surface area contributed by atoms with E-state index in [1.807, 2.05) is 25.2 Å². The molecule has 0 fully saturated rings. The van der Waals surface area contributed by atoms with Gasteiger partial charge in [0.25, 0.3) is 0 Å². The van der Waals surface area contributed by atoms with E-state index in [2.05, 4.69) is 61.4 Å². The highest BCUT2D eigenvalue weighted by Crippen LogP contribution is 2.31. The maximum atomic E-state index is 5.49. The maximum Gasteiger partial charge on any atom is 0.122 e. The monoisotopic (exact) mass is 411 g/mol. The van der Waals surface area contributed by atoms with Gasteiger partial charge in [-0.2, -0.15) is 0 Å². The van der Waals surface area contributed by atoms with Crippen molar-refractivity contribution in [1.82, 2.24) is 5.32 Å². The summed E-state index contributed by atoms with van der Waals surface area (Å²) in [5, 5.41) is 3.29. The molecular weight excluding hydrogens is 394 g/mol. The van der Waals surface area contributed by atoms with Crippen molar-refractivity contribution in [1.29, 1.82) is 0 Å². The molecule has 2 rings (SSSR count). The molecule has 2 aromatic carbocycles. The molecule has 0 saturated carbocycles. The van der Waals surface area contributed by atoms with Gasteiger partial charge in [0, 0.05) is 21.4 Å². The average molecular weight is 413 g/mol. The van der Waals surface area contributed by atoms with Gasteiger partial charge in [-0.05, 0) is 48.9 Å². The first kappa shape index (κ1) is 16.5. The van der Waals surface area contributed by atoms with E-state index in [4.69, 9.17) is 4.74 Å². The van der Waals surface area contributed by atoms with E-state index in [-0.39, 0.29) is 0 Å². The van der Waals surface area contributed by atoms with Gasteiger partial charge in [-0.15, -0.1) is 0 Å².